The Hall–Kier alpha value is -3.07. The number of rotatable bonds is 7. The molecular formula is C24H21BrN6S. The van der Waals surface area contributed by atoms with Crippen LogP contribution in [0, 0.1) is 0 Å². The summed E-state index contributed by atoms with van der Waals surface area (Å²) in [6, 6.07) is 29.0. The SMILES string of the molecule is Brc1ccc(-n2ncc(C3=NNNN3Cc3ccccc3)c2SCc2ccccc2)cc1. The van der Waals surface area contributed by atoms with E-state index in [1.54, 1.807) is 11.8 Å². The monoisotopic (exact) mass is 504 g/mol. The van der Waals surface area contributed by atoms with Gasteiger partial charge in [0.15, 0.2) is 5.84 Å². The lowest BCUT2D eigenvalue weighted by molar-refractivity contribution is 0.288. The zero-order valence-corrected chi connectivity index (χ0v) is 19.6. The van der Waals surface area contributed by atoms with Crippen LogP contribution >= 0.6 is 27.7 Å². The number of hydrogen-bond donors (Lipinski definition) is 2. The van der Waals surface area contributed by atoms with Crippen LogP contribution in [0.5, 0.6) is 0 Å². The summed E-state index contributed by atoms with van der Waals surface area (Å²) in [5, 5.41) is 12.3. The number of nitrogens with zero attached hydrogens (tertiary/aromatic N) is 4. The molecule has 6 nitrogen and oxygen atoms in total. The van der Waals surface area contributed by atoms with Gasteiger partial charge in [0.2, 0.25) is 0 Å². The van der Waals surface area contributed by atoms with Crippen molar-refractivity contribution in [1.82, 2.24) is 25.9 Å². The molecular weight excluding hydrogens is 484 g/mol. The molecule has 8 heteroatoms. The van der Waals surface area contributed by atoms with Gasteiger partial charge in [-0.3, -0.25) is 5.01 Å². The van der Waals surface area contributed by atoms with E-state index in [-0.39, 0.29) is 0 Å². The molecule has 160 valence electrons. The van der Waals surface area contributed by atoms with Crippen molar-refractivity contribution in [1.29, 1.82) is 0 Å². The normalized spacial score (nSPS) is 13.2. The minimum absolute atomic E-state index is 0.679. The minimum Gasteiger partial charge on any atom is -0.266 e. The molecule has 4 aromatic rings. The van der Waals surface area contributed by atoms with E-state index in [2.05, 4.69) is 80.6 Å². The molecule has 0 spiro atoms. The molecule has 5 rings (SSSR count). The molecule has 2 heterocycles. The lowest BCUT2D eigenvalue weighted by Crippen LogP contribution is -2.40. The van der Waals surface area contributed by atoms with Crippen LogP contribution in [0.4, 0.5) is 0 Å². The quantitative estimate of drug-likeness (QED) is 0.342. The molecule has 1 aromatic heterocycles. The van der Waals surface area contributed by atoms with E-state index in [0.29, 0.717) is 6.54 Å². The first-order valence-corrected chi connectivity index (χ1v) is 12.0. The van der Waals surface area contributed by atoms with E-state index < -0.39 is 0 Å². The first-order valence-electron chi connectivity index (χ1n) is 10.2. The highest BCUT2D eigenvalue weighted by molar-refractivity contribution is 9.10. The van der Waals surface area contributed by atoms with Gasteiger partial charge < -0.3 is 0 Å². The number of amidine groups is 1. The summed E-state index contributed by atoms with van der Waals surface area (Å²) in [4.78, 5) is 0. The molecule has 2 N–H and O–H groups in total. The fraction of sp³-hybridized carbons (Fsp3) is 0.0833. The third-order valence-corrected chi connectivity index (χ3v) is 6.71. The summed E-state index contributed by atoms with van der Waals surface area (Å²) >= 11 is 5.27. The maximum atomic E-state index is 4.73. The highest BCUT2D eigenvalue weighted by atomic mass is 79.9. The third kappa shape index (κ3) is 4.57. The van der Waals surface area contributed by atoms with Crippen molar-refractivity contribution < 1.29 is 0 Å². The van der Waals surface area contributed by atoms with Crippen molar-refractivity contribution in [3.8, 4) is 5.69 Å². The molecule has 3 aromatic carbocycles. The van der Waals surface area contributed by atoms with Crippen molar-refractivity contribution in [2.45, 2.75) is 17.3 Å². The Kier molecular flexibility index (Phi) is 6.24. The van der Waals surface area contributed by atoms with E-state index >= 15 is 0 Å². The second kappa shape index (κ2) is 9.60. The van der Waals surface area contributed by atoms with Crippen LogP contribution in [0.3, 0.4) is 0 Å². The maximum absolute atomic E-state index is 4.73. The van der Waals surface area contributed by atoms with Crippen LogP contribution in [0.2, 0.25) is 0 Å². The van der Waals surface area contributed by atoms with Crippen molar-refractivity contribution in [2.75, 3.05) is 0 Å². The van der Waals surface area contributed by atoms with E-state index in [4.69, 9.17) is 5.10 Å². The molecule has 0 bridgehead atoms. The predicted octanol–water partition coefficient (Wildman–Crippen LogP) is 5.11. The number of benzene rings is 3. The summed E-state index contributed by atoms with van der Waals surface area (Å²) < 4.78 is 3.02. The zero-order valence-electron chi connectivity index (χ0n) is 17.1. The minimum atomic E-state index is 0.679. The Morgan fingerprint density at radius 2 is 1.53 bits per heavy atom. The van der Waals surface area contributed by atoms with Crippen molar-refractivity contribution in [2.24, 2.45) is 5.10 Å². The summed E-state index contributed by atoms with van der Waals surface area (Å²) in [5.41, 5.74) is 10.5. The number of nitrogens with one attached hydrogen (secondary N) is 2. The molecule has 1 aliphatic heterocycles. The predicted molar refractivity (Wildman–Crippen MR) is 132 cm³/mol. The Balaban J connectivity index is 1.49. The van der Waals surface area contributed by atoms with Gasteiger partial charge in [-0.15, -0.1) is 22.4 Å². The van der Waals surface area contributed by atoms with Gasteiger partial charge in [-0.1, -0.05) is 76.6 Å². The smallest absolute Gasteiger partial charge is 0.177 e. The molecule has 32 heavy (non-hydrogen) atoms. The Morgan fingerprint density at radius 1 is 0.844 bits per heavy atom. The molecule has 0 atom stereocenters. The van der Waals surface area contributed by atoms with Crippen LogP contribution in [0.15, 0.2) is 106 Å². The molecule has 0 saturated heterocycles. The number of hydrazine groups is 2. The largest absolute Gasteiger partial charge is 0.266 e. The molecule has 0 unspecified atom stereocenters. The van der Waals surface area contributed by atoms with Crippen LogP contribution in [0.1, 0.15) is 16.7 Å². The Bertz CT molecular complexity index is 1210. The maximum Gasteiger partial charge on any atom is 0.177 e. The van der Waals surface area contributed by atoms with Gasteiger partial charge in [0.1, 0.15) is 5.03 Å². The zero-order chi connectivity index (χ0) is 21.8. The molecule has 0 fully saturated rings. The Labute approximate surface area is 199 Å². The highest BCUT2D eigenvalue weighted by Crippen LogP contribution is 2.31. The van der Waals surface area contributed by atoms with Crippen molar-refractivity contribution in [3.05, 3.63) is 112 Å². The van der Waals surface area contributed by atoms with Crippen LogP contribution in [-0.2, 0) is 12.3 Å². The standard InChI is InChI=1S/C24H21BrN6S/c25-20-11-13-21(14-12-20)31-24(32-17-19-9-5-2-6-10-19)22(15-26-31)23-27-28-29-30(23)16-18-7-3-1-4-8-18/h1-15,28-29H,16-17H2. The van der Waals surface area contributed by atoms with Crippen LogP contribution < -0.4 is 11.1 Å². The summed E-state index contributed by atoms with van der Waals surface area (Å²) in [5.74, 6) is 1.65. The number of halogens is 1. The van der Waals surface area contributed by atoms with Gasteiger partial charge in [-0.2, -0.15) is 5.10 Å². The van der Waals surface area contributed by atoms with E-state index in [1.807, 2.05) is 52.3 Å². The van der Waals surface area contributed by atoms with Gasteiger partial charge in [-0.05, 0) is 35.4 Å². The average Bonchev–Trinajstić information content (AvgIpc) is 3.46. The molecule has 1 aliphatic rings. The summed E-state index contributed by atoms with van der Waals surface area (Å²) in [6.07, 6.45) is 1.89. The van der Waals surface area contributed by atoms with Gasteiger partial charge in [0.05, 0.1) is 24.0 Å². The highest BCUT2D eigenvalue weighted by Gasteiger charge is 2.25. The number of hydrogen-bond acceptors (Lipinski definition) is 6. The number of aromatic nitrogens is 2. The topological polar surface area (TPSA) is 57.5 Å². The van der Waals surface area contributed by atoms with Gasteiger partial charge in [-0.25, -0.2) is 10.2 Å². The summed E-state index contributed by atoms with van der Waals surface area (Å²) in [6.45, 7) is 0.679. The molecule has 0 aliphatic carbocycles. The second-order valence-electron chi connectivity index (χ2n) is 7.26. The second-order valence-corrected chi connectivity index (χ2v) is 9.14. The number of thioether (sulfide) groups is 1. The van der Waals surface area contributed by atoms with Gasteiger partial charge >= 0.3 is 0 Å². The summed E-state index contributed by atoms with van der Waals surface area (Å²) in [7, 11) is 0. The van der Waals surface area contributed by atoms with Crippen molar-refractivity contribution in [3.63, 3.8) is 0 Å². The van der Waals surface area contributed by atoms with E-state index in [9.17, 15) is 0 Å². The number of hydrazone groups is 1. The first-order chi connectivity index (χ1) is 15.8. The average molecular weight is 505 g/mol. The Morgan fingerprint density at radius 3 is 2.25 bits per heavy atom. The molecule has 0 amide bonds. The lowest BCUT2D eigenvalue weighted by atomic mass is 10.2. The van der Waals surface area contributed by atoms with E-state index in [1.165, 1.54) is 11.1 Å². The van der Waals surface area contributed by atoms with Gasteiger partial charge in [0.25, 0.3) is 0 Å². The first kappa shape index (κ1) is 20.8. The molecule has 0 saturated carbocycles. The third-order valence-electron chi connectivity index (χ3n) is 5.04. The van der Waals surface area contributed by atoms with Crippen LogP contribution in [0.25, 0.3) is 5.69 Å². The van der Waals surface area contributed by atoms with Gasteiger partial charge in [0, 0.05) is 10.2 Å². The fourth-order valence-corrected chi connectivity index (χ4v) is 4.79. The van der Waals surface area contributed by atoms with Crippen molar-refractivity contribution >= 4 is 33.5 Å². The van der Waals surface area contributed by atoms with E-state index in [0.717, 1.165) is 32.3 Å². The molecule has 0 radical (unpaired) electrons. The lowest BCUT2D eigenvalue weighted by Gasteiger charge is -2.19. The van der Waals surface area contributed by atoms with Crippen LogP contribution in [-0.4, -0.2) is 20.6 Å². The fourth-order valence-electron chi connectivity index (χ4n) is 3.46.